The summed E-state index contributed by atoms with van der Waals surface area (Å²) in [6, 6.07) is 11.8. The minimum Gasteiger partial charge on any atom is -0.346 e. The van der Waals surface area contributed by atoms with E-state index in [0.717, 1.165) is 11.3 Å². The van der Waals surface area contributed by atoms with Gasteiger partial charge in [-0.05, 0) is 36.2 Å². The Morgan fingerprint density at radius 1 is 1.21 bits per heavy atom. The van der Waals surface area contributed by atoms with E-state index in [1.165, 1.54) is 16.9 Å². The number of nitrogens with one attached hydrogen (secondary N) is 2. The fourth-order valence-corrected chi connectivity index (χ4v) is 2.76. The first-order valence-corrected chi connectivity index (χ1v) is 7.56. The van der Waals surface area contributed by atoms with E-state index in [9.17, 15) is 9.18 Å². The van der Waals surface area contributed by atoms with Crippen LogP contribution in [0, 0.1) is 5.82 Å². The minimum absolute atomic E-state index is 0.242. The van der Waals surface area contributed by atoms with E-state index >= 15 is 0 Å². The van der Waals surface area contributed by atoms with Crippen LogP contribution in [0.3, 0.4) is 0 Å². The molecule has 0 fully saturated rings. The lowest BCUT2D eigenvalue weighted by Crippen LogP contribution is -2.33. The molecule has 0 bridgehead atoms. The van der Waals surface area contributed by atoms with Gasteiger partial charge in [-0.1, -0.05) is 18.2 Å². The maximum absolute atomic E-state index is 13.2. The third kappa shape index (κ3) is 2.50. The van der Waals surface area contributed by atoms with Gasteiger partial charge in [0, 0.05) is 6.54 Å². The van der Waals surface area contributed by atoms with Crippen molar-refractivity contribution in [2.75, 3.05) is 17.3 Å². The summed E-state index contributed by atoms with van der Waals surface area (Å²) in [6.07, 6.45) is 2.12. The highest BCUT2D eigenvalue weighted by Gasteiger charge is 2.15. The number of rotatable bonds is 4. The molecule has 6 nitrogen and oxygen atoms in total. The van der Waals surface area contributed by atoms with Crippen molar-refractivity contribution in [1.82, 2.24) is 9.89 Å². The predicted molar refractivity (Wildman–Crippen MR) is 92.1 cm³/mol. The largest absolute Gasteiger partial charge is 0.346 e. The SMILES string of the molecule is O=c1c2cccc3c2c(nn1NCCc1cccc(F)c1)N=CN3. The normalized spacial score (nSPS) is 12.2. The van der Waals surface area contributed by atoms with Crippen LogP contribution < -0.4 is 16.3 Å². The van der Waals surface area contributed by atoms with Crippen LogP contribution in [0.4, 0.5) is 15.9 Å². The number of aromatic nitrogens is 2. The van der Waals surface area contributed by atoms with Gasteiger partial charge < -0.3 is 10.7 Å². The highest BCUT2D eigenvalue weighted by atomic mass is 19.1. The van der Waals surface area contributed by atoms with E-state index in [4.69, 9.17) is 0 Å². The lowest BCUT2D eigenvalue weighted by atomic mass is 10.1. The zero-order chi connectivity index (χ0) is 16.5. The van der Waals surface area contributed by atoms with Crippen LogP contribution in [0.2, 0.25) is 0 Å². The van der Waals surface area contributed by atoms with E-state index in [-0.39, 0.29) is 11.4 Å². The summed E-state index contributed by atoms with van der Waals surface area (Å²) in [5.41, 5.74) is 4.39. The van der Waals surface area contributed by atoms with Crippen molar-refractivity contribution in [3.05, 3.63) is 64.2 Å². The van der Waals surface area contributed by atoms with E-state index in [0.29, 0.717) is 29.6 Å². The zero-order valence-corrected chi connectivity index (χ0v) is 12.7. The zero-order valence-electron chi connectivity index (χ0n) is 12.7. The molecular weight excluding hydrogens is 309 g/mol. The Labute approximate surface area is 136 Å². The third-order valence-corrected chi connectivity index (χ3v) is 3.88. The molecule has 0 aliphatic carbocycles. The Balaban J connectivity index is 1.62. The molecule has 1 aliphatic heterocycles. The maximum Gasteiger partial charge on any atom is 0.294 e. The molecule has 4 rings (SSSR count). The predicted octanol–water partition coefficient (Wildman–Crippen LogP) is 2.41. The number of anilines is 1. The van der Waals surface area contributed by atoms with Gasteiger partial charge in [-0.2, -0.15) is 0 Å². The summed E-state index contributed by atoms with van der Waals surface area (Å²) in [6.45, 7) is 0.447. The summed E-state index contributed by atoms with van der Waals surface area (Å²) in [4.78, 5) is 18.0. The Bertz CT molecular complexity index is 1010. The van der Waals surface area contributed by atoms with Gasteiger partial charge in [0.25, 0.3) is 5.56 Å². The summed E-state index contributed by atoms with van der Waals surface area (Å²) in [5.74, 6) is 0.212. The number of benzene rings is 2. The van der Waals surface area contributed by atoms with Gasteiger partial charge in [0.15, 0.2) is 5.82 Å². The number of nitrogens with zero attached hydrogens (tertiary/aromatic N) is 3. The average Bonchev–Trinajstić information content (AvgIpc) is 2.59. The fourth-order valence-electron chi connectivity index (χ4n) is 2.76. The summed E-state index contributed by atoms with van der Waals surface area (Å²) < 4.78 is 13.2. The van der Waals surface area contributed by atoms with Gasteiger partial charge in [-0.15, -0.1) is 9.89 Å². The van der Waals surface area contributed by atoms with Crippen LogP contribution in [0.25, 0.3) is 10.8 Å². The van der Waals surface area contributed by atoms with Crippen LogP contribution in [-0.2, 0) is 6.42 Å². The molecule has 0 atom stereocenters. The van der Waals surface area contributed by atoms with Crippen molar-refractivity contribution in [1.29, 1.82) is 0 Å². The van der Waals surface area contributed by atoms with Gasteiger partial charge in [0.2, 0.25) is 0 Å². The lowest BCUT2D eigenvalue weighted by molar-refractivity contribution is 0.624. The molecule has 1 aliphatic rings. The Kier molecular flexibility index (Phi) is 3.45. The number of hydrogen-bond acceptors (Lipinski definition) is 5. The second-order valence-electron chi connectivity index (χ2n) is 5.46. The second kappa shape index (κ2) is 5.77. The first kappa shape index (κ1) is 14.4. The molecule has 120 valence electrons. The molecule has 3 aromatic rings. The van der Waals surface area contributed by atoms with Crippen molar-refractivity contribution >= 4 is 28.6 Å². The lowest BCUT2D eigenvalue weighted by Gasteiger charge is -2.15. The molecule has 0 radical (unpaired) electrons. The highest BCUT2D eigenvalue weighted by molar-refractivity contribution is 6.06. The van der Waals surface area contributed by atoms with E-state index in [1.807, 2.05) is 18.2 Å². The summed E-state index contributed by atoms with van der Waals surface area (Å²) >= 11 is 0. The monoisotopic (exact) mass is 323 g/mol. The molecule has 0 saturated carbocycles. The Morgan fingerprint density at radius 3 is 2.96 bits per heavy atom. The molecule has 24 heavy (non-hydrogen) atoms. The van der Waals surface area contributed by atoms with Gasteiger partial charge in [0.05, 0.1) is 22.8 Å². The van der Waals surface area contributed by atoms with E-state index < -0.39 is 0 Å². The van der Waals surface area contributed by atoms with Crippen molar-refractivity contribution in [3.63, 3.8) is 0 Å². The van der Waals surface area contributed by atoms with E-state index in [1.54, 1.807) is 18.5 Å². The fraction of sp³-hybridized carbons (Fsp3) is 0.118. The minimum atomic E-state index is -0.271. The topological polar surface area (TPSA) is 71.3 Å². The maximum atomic E-state index is 13.2. The number of aliphatic imine (C=N–C) groups is 1. The van der Waals surface area contributed by atoms with E-state index in [2.05, 4.69) is 20.8 Å². The first-order chi connectivity index (χ1) is 11.7. The van der Waals surface area contributed by atoms with Gasteiger partial charge in [-0.25, -0.2) is 9.38 Å². The molecule has 7 heteroatoms. The number of halogens is 1. The van der Waals surface area contributed by atoms with Crippen molar-refractivity contribution < 1.29 is 4.39 Å². The van der Waals surface area contributed by atoms with Gasteiger partial charge >= 0.3 is 0 Å². The van der Waals surface area contributed by atoms with Crippen LogP contribution in [0.1, 0.15) is 5.56 Å². The summed E-state index contributed by atoms with van der Waals surface area (Å²) in [5, 5.41) is 8.53. The van der Waals surface area contributed by atoms with Crippen molar-refractivity contribution in [2.45, 2.75) is 6.42 Å². The molecule has 0 unspecified atom stereocenters. The highest BCUT2D eigenvalue weighted by Crippen LogP contribution is 2.30. The van der Waals surface area contributed by atoms with Gasteiger partial charge in [-0.3, -0.25) is 4.79 Å². The molecule has 1 aromatic heterocycles. The average molecular weight is 323 g/mol. The standard InChI is InChI=1S/C17H14FN5O/c18-12-4-1-3-11(9-12)7-8-21-23-17(24)13-5-2-6-14-15(13)16(22-23)20-10-19-14/h1-6,9-10,21H,7-8H2,(H,19,20,22). The molecule has 0 spiro atoms. The Morgan fingerprint density at radius 2 is 2.08 bits per heavy atom. The van der Waals surface area contributed by atoms with Crippen LogP contribution >= 0.6 is 0 Å². The first-order valence-electron chi connectivity index (χ1n) is 7.56. The molecule has 2 aromatic carbocycles. The smallest absolute Gasteiger partial charge is 0.294 e. The Hall–Kier alpha value is -3.22. The van der Waals surface area contributed by atoms with Crippen molar-refractivity contribution in [3.8, 4) is 0 Å². The quantitative estimate of drug-likeness (QED) is 0.773. The molecule has 0 saturated heterocycles. The van der Waals surface area contributed by atoms with Crippen LogP contribution in [0.15, 0.2) is 52.3 Å². The van der Waals surface area contributed by atoms with Crippen LogP contribution in [0.5, 0.6) is 0 Å². The second-order valence-corrected chi connectivity index (χ2v) is 5.46. The van der Waals surface area contributed by atoms with Crippen molar-refractivity contribution in [2.24, 2.45) is 4.99 Å². The molecule has 2 N–H and O–H groups in total. The molecular formula is C17H14FN5O. The molecule has 0 amide bonds. The molecule has 2 heterocycles. The van der Waals surface area contributed by atoms with Gasteiger partial charge in [0.1, 0.15) is 5.82 Å². The van der Waals surface area contributed by atoms with Crippen LogP contribution in [-0.4, -0.2) is 22.8 Å². The number of hydrogen-bond donors (Lipinski definition) is 2. The third-order valence-electron chi connectivity index (χ3n) is 3.88. The summed E-state index contributed by atoms with van der Waals surface area (Å²) in [7, 11) is 0.